The summed E-state index contributed by atoms with van der Waals surface area (Å²) in [5.41, 5.74) is 0.667. The highest BCUT2D eigenvalue weighted by Crippen LogP contribution is 2.34. The Labute approximate surface area is 103 Å². The number of carbonyl (C=O) groups excluding carboxylic acids is 2. The Kier molecular flexibility index (Phi) is 2.79. The molecule has 1 saturated heterocycles. The molecule has 0 aromatic heterocycles. The van der Waals surface area contributed by atoms with Gasteiger partial charge in [-0.3, -0.25) is 15.0 Å². The number of benzene rings is 1. The minimum atomic E-state index is -0.396. The Bertz CT molecular complexity index is 427. The maximum Gasteiger partial charge on any atom is 0.329 e. The number of urea groups is 1. The van der Waals surface area contributed by atoms with E-state index in [1.54, 1.807) is 0 Å². The van der Waals surface area contributed by atoms with Gasteiger partial charge in [0.15, 0.2) is 0 Å². The van der Waals surface area contributed by atoms with E-state index in [0.717, 1.165) is 8.95 Å². The lowest BCUT2D eigenvalue weighted by Crippen LogP contribution is -2.28. The monoisotopic (exact) mass is 332 g/mol. The van der Waals surface area contributed by atoms with Crippen molar-refractivity contribution in [2.24, 2.45) is 0 Å². The molecule has 1 fully saturated rings. The second kappa shape index (κ2) is 3.94. The molecule has 1 aliphatic heterocycles. The molecular formula is C9H6Br2N2O2. The minimum absolute atomic E-state index is 0.0556. The topological polar surface area (TPSA) is 49.4 Å². The Balaban J connectivity index is 2.46. The average molecular weight is 334 g/mol. The van der Waals surface area contributed by atoms with Crippen molar-refractivity contribution >= 4 is 49.5 Å². The molecule has 4 nitrogen and oxygen atoms in total. The molecule has 0 saturated carbocycles. The minimum Gasteiger partial charge on any atom is -0.282 e. The van der Waals surface area contributed by atoms with Crippen molar-refractivity contribution in [3.8, 4) is 0 Å². The van der Waals surface area contributed by atoms with Crippen LogP contribution in [-0.2, 0) is 4.79 Å². The van der Waals surface area contributed by atoms with Gasteiger partial charge in [0.25, 0.3) is 0 Å². The van der Waals surface area contributed by atoms with Crippen LogP contribution in [0.4, 0.5) is 10.5 Å². The highest BCUT2D eigenvalue weighted by Gasteiger charge is 2.30. The number of amides is 3. The van der Waals surface area contributed by atoms with Crippen LogP contribution < -0.4 is 10.2 Å². The van der Waals surface area contributed by atoms with Gasteiger partial charge in [0, 0.05) is 8.95 Å². The molecule has 1 aromatic carbocycles. The van der Waals surface area contributed by atoms with Crippen molar-refractivity contribution < 1.29 is 9.59 Å². The van der Waals surface area contributed by atoms with E-state index >= 15 is 0 Å². The van der Waals surface area contributed by atoms with Gasteiger partial charge in [-0.25, -0.2) is 4.79 Å². The predicted octanol–water partition coefficient (Wildman–Crippen LogP) is 2.27. The van der Waals surface area contributed by atoms with Gasteiger partial charge < -0.3 is 0 Å². The summed E-state index contributed by atoms with van der Waals surface area (Å²) in [7, 11) is 0. The first kappa shape index (κ1) is 10.6. The van der Waals surface area contributed by atoms with Crippen LogP contribution >= 0.6 is 31.9 Å². The quantitative estimate of drug-likeness (QED) is 0.801. The molecule has 1 aliphatic rings. The number of hydrogen-bond acceptors (Lipinski definition) is 2. The second-order valence-corrected chi connectivity index (χ2v) is 4.72. The molecule has 0 spiro atoms. The molecule has 0 unspecified atom stereocenters. The Morgan fingerprint density at radius 1 is 1.20 bits per heavy atom. The standard InChI is InChI=1S/C9H6Br2N2O2/c10-5-2-1-3-6(11)8(5)13-4-7(14)12-9(13)15/h1-3H,4H2,(H,12,14,15). The lowest BCUT2D eigenvalue weighted by atomic mass is 10.3. The number of hydrogen-bond donors (Lipinski definition) is 1. The van der Waals surface area contributed by atoms with Crippen molar-refractivity contribution in [3.05, 3.63) is 27.1 Å². The van der Waals surface area contributed by atoms with E-state index in [0.29, 0.717) is 5.69 Å². The number of para-hydroxylation sites is 1. The number of halogens is 2. The number of rotatable bonds is 1. The van der Waals surface area contributed by atoms with Crippen molar-refractivity contribution in [1.29, 1.82) is 0 Å². The zero-order valence-corrected chi connectivity index (χ0v) is 10.6. The van der Waals surface area contributed by atoms with Crippen molar-refractivity contribution in [2.45, 2.75) is 0 Å². The normalized spacial score (nSPS) is 15.7. The number of carbonyl (C=O) groups is 2. The van der Waals surface area contributed by atoms with Gasteiger partial charge in [-0.2, -0.15) is 0 Å². The summed E-state index contributed by atoms with van der Waals surface area (Å²) >= 11 is 6.68. The number of imide groups is 1. The fourth-order valence-electron chi connectivity index (χ4n) is 1.37. The highest BCUT2D eigenvalue weighted by molar-refractivity contribution is 9.11. The molecule has 1 N–H and O–H groups in total. The van der Waals surface area contributed by atoms with Crippen LogP contribution in [0.3, 0.4) is 0 Å². The lowest BCUT2D eigenvalue weighted by Gasteiger charge is -2.16. The summed E-state index contributed by atoms with van der Waals surface area (Å²) in [5, 5.41) is 2.23. The third-order valence-electron chi connectivity index (χ3n) is 2.00. The van der Waals surface area contributed by atoms with E-state index in [4.69, 9.17) is 0 Å². The Morgan fingerprint density at radius 2 is 1.80 bits per heavy atom. The second-order valence-electron chi connectivity index (χ2n) is 3.01. The molecule has 15 heavy (non-hydrogen) atoms. The first-order valence-corrected chi connectivity index (χ1v) is 5.73. The van der Waals surface area contributed by atoms with Gasteiger partial charge in [-0.1, -0.05) is 6.07 Å². The van der Waals surface area contributed by atoms with E-state index in [9.17, 15) is 9.59 Å². The lowest BCUT2D eigenvalue weighted by molar-refractivity contribution is -0.117. The Hall–Kier alpha value is -0.880. The van der Waals surface area contributed by atoms with Crippen LogP contribution in [0.5, 0.6) is 0 Å². The van der Waals surface area contributed by atoms with Crippen molar-refractivity contribution in [2.75, 3.05) is 11.4 Å². The summed E-state index contributed by atoms with van der Waals surface area (Å²) in [4.78, 5) is 23.9. The molecule has 0 atom stereocenters. The molecule has 1 aromatic rings. The van der Waals surface area contributed by atoms with E-state index in [-0.39, 0.29) is 12.5 Å². The van der Waals surface area contributed by atoms with Crippen LogP contribution in [-0.4, -0.2) is 18.5 Å². The summed E-state index contributed by atoms with van der Waals surface area (Å²) in [6.07, 6.45) is 0. The van der Waals surface area contributed by atoms with Crippen LogP contribution in [0.25, 0.3) is 0 Å². The third kappa shape index (κ3) is 1.91. The molecule has 0 radical (unpaired) electrons. The smallest absolute Gasteiger partial charge is 0.282 e. The molecule has 1 heterocycles. The van der Waals surface area contributed by atoms with Crippen LogP contribution in [0.2, 0.25) is 0 Å². The third-order valence-corrected chi connectivity index (χ3v) is 3.28. The maximum atomic E-state index is 11.4. The van der Waals surface area contributed by atoms with Crippen LogP contribution in [0, 0.1) is 0 Å². The predicted molar refractivity (Wildman–Crippen MR) is 62.7 cm³/mol. The van der Waals surface area contributed by atoms with E-state index in [2.05, 4.69) is 37.2 Å². The Morgan fingerprint density at radius 3 is 2.27 bits per heavy atom. The number of nitrogens with one attached hydrogen (secondary N) is 1. The first-order chi connectivity index (χ1) is 7.09. The van der Waals surface area contributed by atoms with Gasteiger partial charge in [-0.15, -0.1) is 0 Å². The summed E-state index contributed by atoms with van der Waals surface area (Å²) in [5.74, 6) is -0.289. The van der Waals surface area contributed by atoms with Crippen molar-refractivity contribution in [1.82, 2.24) is 5.32 Å². The summed E-state index contributed by atoms with van der Waals surface area (Å²) in [6, 6.07) is 5.08. The molecule has 0 bridgehead atoms. The summed E-state index contributed by atoms with van der Waals surface area (Å²) in [6.45, 7) is 0.0556. The molecule has 6 heteroatoms. The van der Waals surface area contributed by atoms with Gasteiger partial charge in [0.1, 0.15) is 6.54 Å². The fraction of sp³-hybridized carbons (Fsp3) is 0.111. The molecule has 78 valence electrons. The SMILES string of the molecule is O=C1CN(c2c(Br)cccc2Br)C(=O)N1. The largest absolute Gasteiger partial charge is 0.329 e. The summed E-state index contributed by atoms with van der Waals surface area (Å²) < 4.78 is 1.53. The maximum absolute atomic E-state index is 11.4. The van der Waals surface area contributed by atoms with E-state index in [1.165, 1.54) is 4.90 Å². The van der Waals surface area contributed by atoms with Gasteiger partial charge in [0.2, 0.25) is 5.91 Å². The first-order valence-electron chi connectivity index (χ1n) is 4.15. The molecule has 3 amide bonds. The average Bonchev–Trinajstić information content (AvgIpc) is 2.45. The van der Waals surface area contributed by atoms with E-state index in [1.807, 2.05) is 18.2 Å². The van der Waals surface area contributed by atoms with Crippen molar-refractivity contribution in [3.63, 3.8) is 0 Å². The van der Waals surface area contributed by atoms with Gasteiger partial charge in [0.05, 0.1) is 5.69 Å². The molecule has 2 rings (SSSR count). The number of nitrogens with zero attached hydrogens (tertiary/aromatic N) is 1. The van der Waals surface area contributed by atoms with E-state index < -0.39 is 6.03 Å². The van der Waals surface area contributed by atoms with Gasteiger partial charge >= 0.3 is 6.03 Å². The zero-order valence-electron chi connectivity index (χ0n) is 7.46. The fourth-order valence-corrected chi connectivity index (χ4v) is 2.80. The molecule has 0 aliphatic carbocycles. The van der Waals surface area contributed by atoms with Gasteiger partial charge in [-0.05, 0) is 44.0 Å². The highest BCUT2D eigenvalue weighted by atomic mass is 79.9. The molecular weight excluding hydrogens is 328 g/mol. The van der Waals surface area contributed by atoms with Crippen LogP contribution in [0.1, 0.15) is 0 Å². The number of anilines is 1. The van der Waals surface area contributed by atoms with Crippen LogP contribution in [0.15, 0.2) is 27.1 Å². The zero-order chi connectivity index (χ0) is 11.0.